The highest BCUT2D eigenvalue weighted by Gasteiger charge is 2.18. The fourth-order valence-corrected chi connectivity index (χ4v) is 3.70. The van der Waals surface area contributed by atoms with Crippen molar-refractivity contribution in [1.82, 2.24) is 15.3 Å². The zero-order valence-corrected chi connectivity index (χ0v) is 19.2. The third-order valence-electron chi connectivity index (χ3n) is 5.33. The predicted molar refractivity (Wildman–Crippen MR) is 130 cm³/mol. The number of benzene rings is 2. The lowest BCUT2D eigenvalue weighted by atomic mass is 10.0. The van der Waals surface area contributed by atoms with Gasteiger partial charge in [-0.25, -0.2) is 4.98 Å². The van der Waals surface area contributed by atoms with Crippen molar-refractivity contribution in [1.29, 1.82) is 0 Å². The largest absolute Gasteiger partial charge is 0.493 e. The Morgan fingerprint density at radius 2 is 1.70 bits per heavy atom. The number of pyridine rings is 2. The van der Waals surface area contributed by atoms with E-state index in [1.165, 1.54) is 0 Å². The number of fused-ring (bicyclic) bond motifs is 1. The number of hydrogen-bond donors (Lipinski definition) is 1. The lowest BCUT2D eigenvalue weighted by molar-refractivity contribution is 0.0941. The minimum Gasteiger partial charge on any atom is -0.493 e. The van der Waals surface area contributed by atoms with Gasteiger partial charge in [0.1, 0.15) is 0 Å². The first-order valence-electron chi connectivity index (χ1n) is 10.9. The van der Waals surface area contributed by atoms with E-state index in [-0.39, 0.29) is 18.1 Å². The van der Waals surface area contributed by atoms with Crippen molar-refractivity contribution in [2.75, 3.05) is 7.11 Å². The normalized spacial score (nSPS) is 11.9. The summed E-state index contributed by atoms with van der Waals surface area (Å²) in [4.78, 5) is 22.2. The maximum absolute atomic E-state index is 13.4. The molecule has 2 heterocycles. The summed E-state index contributed by atoms with van der Waals surface area (Å²) < 4.78 is 11.3. The second-order valence-electron chi connectivity index (χ2n) is 8.08. The Balaban J connectivity index is 1.65. The number of hydrogen-bond acceptors (Lipinski definition) is 5. The smallest absolute Gasteiger partial charge is 0.252 e. The first kappa shape index (κ1) is 22.3. The number of rotatable bonds is 7. The molecule has 0 saturated carbocycles. The summed E-state index contributed by atoms with van der Waals surface area (Å²) in [5.74, 6) is 1.14. The van der Waals surface area contributed by atoms with Crippen LogP contribution in [0.1, 0.15) is 42.7 Å². The van der Waals surface area contributed by atoms with Gasteiger partial charge in [-0.15, -0.1) is 0 Å². The number of amides is 1. The molecule has 1 amide bonds. The monoisotopic (exact) mass is 441 g/mol. The van der Waals surface area contributed by atoms with E-state index in [9.17, 15) is 4.79 Å². The summed E-state index contributed by atoms with van der Waals surface area (Å²) in [6, 6.07) is 18.7. The fraction of sp³-hybridized carbons (Fsp3) is 0.222. The lowest BCUT2D eigenvalue weighted by Gasteiger charge is -2.19. The van der Waals surface area contributed by atoms with Gasteiger partial charge in [0.25, 0.3) is 5.91 Å². The summed E-state index contributed by atoms with van der Waals surface area (Å²) in [5.41, 5.74) is 3.89. The number of para-hydroxylation sites is 1. The van der Waals surface area contributed by atoms with Crippen LogP contribution in [0.3, 0.4) is 0 Å². The van der Waals surface area contributed by atoms with E-state index in [0.717, 1.165) is 27.7 Å². The van der Waals surface area contributed by atoms with Gasteiger partial charge in [-0.1, -0.05) is 24.3 Å². The van der Waals surface area contributed by atoms with Gasteiger partial charge in [0.05, 0.1) is 36.0 Å². The topological polar surface area (TPSA) is 73.3 Å². The van der Waals surface area contributed by atoms with Crippen LogP contribution in [0, 0.1) is 0 Å². The quantitative estimate of drug-likeness (QED) is 0.405. The maximum Gasteiger partial charge on any atom is 0.252 e. The van der Waals surface area contributed by atoms with Gasteiger partial charge in [0.2, 0.25) is 0 Å². The number of nitrogens with zero attached hydrogens (tertiary/aromatic N) is 2. The molecule has 1 atom stereocenters. The number of carbonyl (C=O) groups excluding carboxylic acids is 1. The molecule has 4 rings (SSSR count). The van der Waals surface area contributed by atoms with Gasteiger partial charge in [-0.2, -0.15) is 0 Å². The van der Waals surface area contributed by atoms with Crippen LogP contribution in [-0.4, -0.2) is 29.1 Å². The molecule has 2 aromatic heterocycles. The van der Waals surface area contributed by atoms with Crippen molar-refractivity contribution in [2.24, 2.45) is 0 Å². The zero-order valence-electron chi connectivity index (χ0n) is 19.2. The van der Waals surface area contributed by atoms with Crippen LogP contribution >= 0.6 is 0 Å². The van der Waals surface area contributed by atoms with E-state index in [0.29, 0.717) is 17.1 Å². The highest BCUT2D eigenvalue weighted by Crippen LogP contribution is 2.31. The summed E-state index contributed by atoms with van der Waals surface area (Å²) >= 11 is 0. The van der Waals surface area contributed by atoms with Crippen LogP contribution in [0.25, 0.3) is 22.2 Å². The molecule has 6 heteroatoms. The molecule has 2 aromatic carbocycles. The summed E-state index contributed by atoms with van der Waals surface area (Å²) in [6.45, 7) is 5.88. The molecule has 0 aliphatic heterocycles. The first-order chi connectivity index (χ1) is 16.0. The molecule has 4 aromatic rings. The number of aromatic nitrogens is 2. The molecule has 0 saturated heterocycles. The van der Waals surface area contributed by atoms with Crippen molar-refractivity contribution in [3.63, 3.8) is 0 Å². The predicted octanol–water partition coefficient (Wildman–Crippen LogP) is 5.58. The average molecular weight is 442 g/mol. The molecule has 1 unspecified atom stereocenters. The first-order valence-corrected chi connectivity index (χ1v) is 10.9. The molecule has 168 valence electrons. The van der Waals surface area contributed by atoms with Crippen LogP contribution in [0.5, 0.6) is 11.5 Å². The highest BCUT2D eigenvalue weighted by molar-refractivity contribution is 6.07. The zero-order chi connectivity index (χ0) is 23.4. The Morgan fingerprint density at radius 3 is 2.42 bits per heavy atom. The third-order valence-corrected chi connectivity index (χ3v) is 5.33. The standard InChI is InChI=1S/C27H27N3O3/c1-17(2)33-25-10-9-20(15-26(25)32-4)18(3)29-27(31)22-16-24(19-11-13-28-14-12-19)30-23-8-6-5-7-21(22)23/h5-18H,1-4H3,(H,29,31). The van der Waals surface area contributed by atoms with E-state index in [4.69, 9.17) is 14.5 Å². The van der Waals surface area contributed by atoms with Crippen molar-refractivity contribution < 1.29 is 14.3 Å². The van der Waals surface area contributed by atoms with Crippen molar-refractivity contribution in [3.8, 4) is 22.8 Å². The molecule has 6 nitrogen and oxygen atoms in total. The molecular formula is C27H27N3O3. The second-order valence-corrected chi connectivity index (χ2v) is 8.08. The van der Waals surface area contributed by atoms with Gasteiger partial charge < -0.3 is 14.8 Å². The Labute approximate surface area is 193 Å². The minimum atomic E-state index is -0.240. The van der Waals surface area contributed by atoms with Crippen LogP contribution in [0.15, 0.2) is 73.1 Å². The van der Waals surface area contributed by atoms with Gasteiger partial charge in [0, 0.05) is 23.3 Å². The van der Waals surface area contributed by atoms with Crippen LogP contribution in [0.2, 0.25) is 0 Å². The number of ether oxygens (including phenoxy) is 2. The second kappa shape index (κ2) is 9.69. The van der Waals surface area contributed by atoms with E-state index in [1.54, 1.807) is 19.5 Å². The minimum absolute atomic E-state index is 0.0384. The van der Waals surface area contributed by atoms with Crippen molar-refractivity contribution in [3.05, 3.63) is 84.2 Å². The number of carbonyl (C=O) groups is 1. The van der Waals surface area contributed by atoms with E-state index in [1.807, 2.05) is 81.4 Å². The Bertz CT molecular complexity index is 1270. The molecular weight excluding hydrogens is 414 g/mol. The third kappa shape index (κ3) is 4.95. The van der Waals surface area contributed by atoms with Gasteiger partial charge >= 0.3 is 0 Å². The van der Waals surface area contributed by atoms with Crippen LogP contribution < -0.4 is 14.8 Å². The van der Waals surface area contributed by atoms with Crippen LogP contribution in [0.4, 0.5) is 0 Å². The molecule has 0 fully saturated rings. The molecule has 0 bridgehead atoms. The van der Waals surface area contributed by atoms with E-state index in [2.05, 4.69) is 10.3 Å². The van der Waals surface area contributed by atoms with Crippen molar-refractivity contribution >= 4 is 16.8 Å². The maximum atomic E-state index is 13.4. The summed E-state index contributed by atoms with van der Waals surface area (Å²) in [6.07, 6.45) is 3.47. The Kier molecular flexibility index (Phi) is 6.54. The lowest BCUT2D eigenvalue weighted by Crippen LogP contribution is -2.27. The van der Waals surface area contributed by atoms with E-state index < -0.39 is 0 Å². The average Bonchev–Trinajstić information content (AvgIpc) is 2.83. The molecule has 0 radical (unpaired) electrons. The number of nitrogens with one attached hydrogen (secondary N) is 1. The van der Waals surface area contributed by atoms with E-state index >= 15 is 0 Å². The van der Waals surface area contributed by atoms with Gasteiger partial charge in [-0.05, 0) is 62.7 Å². The Hall–Kier alpha value is -3.93. The van der Waals surface area contributed by atoms with Gasteiger partial charge in [0.15, 0.2) is 11.5 Å². The van der Waals surface area contributed by atoms with Crippen molar-refractivity contribution in [2.45, 2.75) is 32.9 Å². The Morgan fingerprint density at radius 1 is 0.939 bits per heavy atom. The molecule has 0 spiro atoms. The van der Waals surface area contributed by atoms with Crippen LogP contribution in [-0.2, 0) is 0 Å². The van der Waals surface area contributed by atoms with Gasteiger partial charge in [-0.3, -0.25) is 9.78 Å². The number of methoxy groups -OCH3 is 1. The molecule has 33 heavy (non-hydrogen) atoms. The molecule has 1 N–H and O–H groups in total. The molecule has 0 aliphatic carbocycles. The SMILES string of the molecule is COc1cc(C(C)NC(=O)c2cc(-c3ccncc3)nc3ccccc23)ccc1OC(C)C. The molecule has 0 aliphatic rings. The highest BCUT2D eigenvalue weighted by atomic mass is 16.5. The summed E-state index contributed by atoms with van der Waals surface area (Å²) in [7, 11) is 1.61. The fourth-order valence-electron chi connectivity index (χ4n) is 3.70. The summed E-state index contributed by atoms with van der Waals surface area (Å²) in [5, 5.41) is 3.92.